The van der Waals surface area contributed by atoms with Crippen molar-refractivity contribution in [2.24, 2.45) is 12.8 Å². The first-order valence-electron chi connectivity index (χ1n) is 5.58. The maximum atomic E-state index is 11.8. The number of aryl methyl sites for hydroxylation is 1. The molecule has 18 heavy (non-hydrogen) atoms. The van der Waals surface area contributed by atoms with Crippen LogP contribution in [0.15, 0.2) is 36.8 Å². The molecule has 0 aliphatic carbocycles. The number of rotatable bonds is 4. The van der Waals surface area contributed by atoms with Crippen molar-refractivity contribution in [3.05, 3.63) is 48.0 Å². The topological polar surface area (TPSA) is 85.8 Å². The lowest BCUT2D eigenvalue weighted by Gasteiger charge is -2.10. The van der Waals surface area contributed by atoms with Crippen LogP contribution >= 0.6 is 0 Å². The summed E-state index contributed by atoms with van der Waals surface area (Å²) in [4.78, 5) is 15.9. The second-order valence-corrected chi connectivity index (χ2v) is 3.96. The molecule has 0 bridgehead atoms. The van der Waals surface area contributed by atoms with Gasteiger partial charge in [-0.2, -0.15) is 5.10 Å². The van der Waals surface area contributed by atoms with Crippen LogP contribution in [0, 0.1) is 0 Å². The zero-order chi connectivity index (χ0) is 13.0. The molecule has 2 aromatic heterocycles. The van der Waals surface area contributed by atoms with Crippen molar-refractivity contribution in [3.63, 3.8) is 0 Å². The van der Waals surface area contributed by atoms with Gasteiger partial charge in [0.2, 0.25) is 5.91 Å². The molecule has 6 heteroatoms. The smallest absolute Gasteiger partial charge is 0.241 e. The van der Waals surface area contributed by atoms with Crippen molar-refractivity contribution < 1.29 is 4.79 Å². The first-order chi connectivity index (χ1) is 8.66. The number of carbonyl (C=O) groups is 1. The van der Waals surface area contributed by atoms with Gasteiger partial charge in [0.05, 0.1) is 18.4 Å². The Kier molecular flexibility index (Phi) is 3.69. The standard InChI is InChI=1S/C12H15N5O/c1-17-8-9(6-16-17)11(13)12(18)15-7-10-4-2-3-5-14-10/h2-6,8,11H,7,13H2,1H3,(H,15,18). The van der Waals surface area contributed by atoms with Crippen LogP contribution in [0.3, 0.4) is 0 Å². The average Bonchev–Trinajstić information content (AvgIpc) is 2.83. The molecule has 0 saturated heterocycles. The molecule has 94 valence electrons. The Bertz CT molecular complexity index is 522. The van der Waals surface area contributed by atoms with Crippen molar-refractivity contribution in [1.29, 1.82) is 0 Å². The molecule has 1 atom stereocenters. The lowest BCUT2D eigenvalue weighted by Crippen LogP contribution is -2.33. The van der Waals surface area contributed by atoms with Crippen molar-refractivity contribution in [2.75, 3.05) is 0 Å². The first-order valence-corrected chi connectivity index (χ1v) is 5.58. The lowest BCUT2D eigenvalue weighted by atomic mass is 10.1. The molecule has 0 fully saturated rings. The summed E-state index contributed by atoms with van der Waals surface area (Å²) in [6.45, 7) is 0.369. The largest absolute Gasteiger partial charge is 0.349 e. The number of hydrogen-bond acceptors (Lipinski definition) is 4. The summed E-state index contributed by atoms with van der Waals surface area (Å²) < 4.78 is 1.61. The molecule has 0 aromatic carbocycles. The van der Waals surface area contributed by atoms with Gasteiger partial charge < -0.3 is 11.1 Å². The van der Waals surface area contributed by atoms with Gasteiger partial charge in [0.15, 0.2) is 0 Å². The highest BCUT2D eigenvalue weighted by atomic mass is 16.2. The second-order valence-electron chi connectivity index (χ2n) is 3.96. The van der Waals surface area contributed by atoms with Gasteiger partial charge in [-0.15, -0.1) is 0 Å². The van der Waals surface area contributed by atoms with Gasteiger partial charge in [-0.3, -0.25) is 14.5 Å². The number of nitrogens with two attached hydrogens (primary N) is 1. The fraction of sp³-hybridized carbons (Fsp3) is 0.250. The third kappa shape index (κ3) is 2.92. The number of aromatic nitrogens is 3. The molecular formula is C12H15N5O. The van der Waals surface area contributed by atoms with E-state index in [9.17, 15) is 4.79 Å². The quantitative estimate of drug-likeness (QED) is 0.801. The minimum absolute atomic E-state index is 0.242. The molecule has 0 saturated carbocycles. The highest BCUT2D eigenvalue weighted by Gasteiger charge is 2.16. The van der Waals surface area contributed by atoms with E-state index in [0.717, 1.165) is 5.69 Å². The van der Waals surface area contributed by atoms with Crippen LogP contribution in [-0.4, -0.2) is 20.7 Å². The normalized spacial score (nSPS) is 12.1. The van der Waals surface area contributed by atoms with Gasteiger partial charge >= 0.3 is 0 Å². The molecule has 2 aromatic rings. The summed E-state index contributed by atoms with van der Waals surface area (Å²) >= 11 is 0. The molecule has 0 aliphatic rings. The van der Waals surface area contributed by atoms with Crippen molar-refractivity contribution in [1.82, 2.24) is 20.1 Å². The Labute approximate surface area is 105 Å². The van der Waals surface area contributed by atoms with Gasteiger partial charge in [0.1, 0.15) is 6.04 Å². The molecular weight excluding hydrogens is 230 g/mol. The Morgan fingerprint density at radius 1 is 1.56 bits per heavy atom. The Morgan fingerprint density at radius 2 is 2.39 bits per heavy atom. The van der Waals surface area contributed by atoms with Crippen LogP contribution in [0.5, 0.6) is 0 Å². The fourth-order valence-electron chi connectivity index (χ4n) is 1.54. The lowest BCUT2D eigenvalue weighted by molar-refractivity contribution is -0.122. The summed E-state index contributed by atoms with van der Waals surface area (Å²) in [5.74, 6) is -0.242. The summed E-state index contributed by atoms with van der Waals surface area (Å²) in [6, 6.07) is 4.83. The third-order valence-corrected chi connectivity index (χ3v) is 2.54. The van der Waals surface area contributed by atoms with E-state index in [4.69, 9.17) is 5.73 Å². The maximum absolute atomic E-state index is 11.8. The van der Waals surface area contributed by atoms with E-state index in [2.05, 4.69) is 15.4 Å². The minimum Gasteiger partial charge on any atom is -0.349 e. The van der Waals surface area contributed by atoms with Crippen LogP contribution in [-0.2, 0) is 18.4 Å². The predicted octanol–water partition coefficient (Wildman–Crippen LogP) is 0.131. The Balaban J connectivity index is 1.92. The van der Waals surface area contributed by atoms with Crippen LogP contribution in [0.25, 0.3) is 0 Å². The van der Waals surface area contributed by atoms with E-state index in [-0.39, 0.29) is 5.91 Å². The molecule has 6 nitrogen and oxygen atoms in total. The molecule has 0 spiro atoms. The molecule has 0 radical (unpaired) electrons. The maximum Gasteiger partial charge on any atom is 0.241 e. The number of hydrogen-bond donors (Lipinski definition) is 2. The number of amides is 1. The van der Waals surface area contributed by atoms with Crippen molar-refractivity contribution >= 4 is 5.91 Å². The van der Waals surface area contributed by atoms with E-state index >= 15 is 0 Å². The van der Waals surface area contributed by atoms with Gasteiger partial charge in [-0.1, -0.05) is 6.07 Å². The summed E-state index contributed by atoms with van der Waals surface area (Å²) in [7, 11) is 1.78. The minimum atomic E-state index is -0.706. The number of carbonyl (C=O) groups excluding carboxylic acids is 1. The summed E-state index contributed by atoms with van der Waals surface area (Å²) in [6.07, 6.45) is 5.00. The van der Waals surface area contributed by atoms with E-state index in [1.165, 1.54) is 0 Å². The molecule has 3 N–H and O–H groups in total. The van der Waals surface area contributed by atoms with E-state index < -0.39 is 6.04 Å². The highest BCUT2D eigenvalue weighted by molar-refractivity contribution is 5.82. The SMILES string of the molecule is Cn1cc(C(N)C(=O)NCc2ccccn2)cn1. The monoisotopic (exact) mass is 245 g/mol. The van der Waals surface area contributed by atoms with Gasteiger partial charge in [0, 0.05) is 25.0 Å². The zero-order valence-electron chi connectivity index (χ0n) is 10.1. The molecule has 2 rings (SSSR count). The van der Waals surface area contributed by atoms with E-state index in [1.54, 1.807) is 30.3 Å². The summed E-state index contributed by atoms with van der Waals surface area (Å²) in [5, 5.41) is 6.73. The number of nitrogens with zero attached hydrogens (tertiary/aromatic N) is 3. The average molecular weight is 245 g/mol. The van der Waals surface area contributed by atoms with Crippen LogP contribution in [0.4, 0.5) is 0 Å². The van der Waals surface area contributed by atoms with Crippen LogP contribution in [0.2, 0.25) is 0 Å². The van der Waals surface area contributed by atoms with Crippen molar-refractivity contribution in [3.8, 4) is 0 Å². The summed E-state index contributed by atoms with van der Waals surface area (Å²) in [5.41, 5.74) is 7.32. The molecule has 1 amide bonds. The molecule has 2 heterocycles. The van der Waals surface area contributed by atoms with Gasteiger partial charge in [-0.25, -0.2) is 0 Å². The van der Waals surface area contributed by atoms with E-state index in [0.29, 0.717) is 12.1 Å². The first kappa shape index (κ1) is 12.3. The van der Waals surface area contributed by atoms with Crippen LogP contribution in [0.1, 0.15) is 17.3 Å². The third-order valence-electron chi connectivity index (χ3n) is 2.54. The highest BCUT2D eigenvalue weighted by Crippen LogP contribution is 2.08. The zero-order valence-corrected chi connectivity index (χ0v) is 10.1. The molecule has 1 unspecified atom stereocenters. The number of pyridine rings is 1. The Morgan fingerprint density at radius 3 is 3.00 bits per heavy atom. The fourth-order valence-corrected chi connectivity index (χ4v) is 1.54. The number of nitrogens with one attached hydrogen (secondary N) is 1. The van der Waals surface area contributed by atoms with Crippen LogP contribution < -0.4 is 11.1 Å². The molecule has 0 aliphatic heterocycles. The van der Waals surface area contributed by atoms with Crippen molar-refractivity contribution in [2.45, 2.75) is 12.6 Å². The van der Waals surface area contributed by atoms with Gasteiger partial charge in [-0.05, 0) is 12.1 Å². The Hall–Kier alpha value is -2.21. The second kappa shape index (κ2) is 5.42. The van der Waals surface area contributed by atoms with E-state index in [1.807, 2.05) is 18.2 Å². The van der Waals surface area contributed by atoms with Gasteiger partial charge in [0.25, 0.3) is 0 Å². The predicted molar refractivity (Wildman–Crippen MR) is 66.2 cm³/mol.